The minimum absolute atomic E-state index is 0.333. The second-order valence-corrected chi connectivity index (χ2v) is 4.06. The number of hydrogen-bond acceptors (Lipinski definition) is 1. The Hall–Kier alpha value is -1.57. The first-order valence-electron chi connectivity index (χ1n) is 5.25. The van der Waals surface area contributed by atoms with Crippen molar-refractivity contribution in [2.75, 3.05) is 0 Å². The standard InChI is InChI=1S/C13H16N2/c1-9-4-5-10(2)12(8-9)11(3)13-14-6-7-15-13/h4-8,11H,1-3H3,(H,14,15). The van der Waals surface area contributed by atoms with E-state index in [1.807, 2.05) is 6.20 Å². The molecule has 2 nitrogen and oxygen atoms in total. The molecule has 0 aliphatic heterocycles. The number of benzene rings is 1. The Morgan fingerprint density at radius 3 is 2.73 bits per heavy atom. The van der Waals surface area contributed by atoms with Gasteiger partial charge < -0.3 is 4.98 Å². The van der Waals surface area contributed by atoms with Gasteiger partial charge in [-0.1, -0.05) is 30.7 Å². The van der Waals surface area contributed by atoms with Gasteiger partial charge in [-0.3, -0.25) is 0 Å². The topological polar surface area (TPSA) is 28.7 Å². The number of nitrogens with one attached hydrogen (secondary N) is 1. The lowest BCUT2D eigenvalue weighted by atomic mass is 9.94. The van der Waals surface area contributed by atoms with Crippen LogP contribution in [0.3, 0.4) is 0 Å². The largest absolute Gasteiger partial charge is 0.348 e. The fraction of sp³-hybridized carbons (Fsp3) is 0.308. The Labute approximate surface area is 90.4 Å². The van der Waals surface area contributed by atoms with Gasteiger partial charge in [0, 0.05) is 18.3 Å². The molecule has 1 N–H and O–H groups in total. The Morgan fingerprint density at radius 1 is 1.27 bits per heavy atom. The van der Waals surface area contributed by atoms with Gasteiger partial charge in [0.25, 0.3) is 0 Å². The van der Waals surface area contributed by atoms with Crippen LogP contribution < -0.4 is 0 Å². The first-order valence-corrected chi connectivity index (χ1v) is 5.25. The molecule has 1 atom stereocenters. The monoisotopic (exact) mass is 200 g/mol. The summed E-state index contributed by atoms with van der Waals surface area (Å²) in [5, 5.41) is 0. The molecule has 2 heteroatoms. The lowest BCUT2D eigenvalue weighted by Gasteiger charge is -2.13. The van der Waals surface area contributed by atoms with E-state index in [0.717, 1.165) is 5.82 Å². The first-order chi connectivity index (χ1) is 7.18. The summed E-state index contributed by atoms with van der Waals surface area (Å²) in [6.07, 6.45) is 3.67. The van der Waals surface area contributed by atoms with E-state index < -0.39 is 0 Å². The molecule has 1 aromatic heterocycles. The van der Waals surface area contributed by atoms with Crippen LogP contribution in [-0.4, -0.2) is 9.97 Å². The minimum Gasteiger partial charge on any atom is -0.348 e. The van der Waals surface area contributed by atoms with Crippen LogP contribution in [0.1, 0.15) is 35.4 Å². The number of aromatic nitrogens is 2. The normalized spacial score (nSPS) is 12.7. The van der Waals surface area contributed by atoms with Gasteiger partial charge in [-0.15, -0.1) is 0 Å². The molecular formula is C13H16N2. The highest BCUT2D eigenvalue weighted by Crippen LogP contribution is 2.24. The number of hydrogen-bond donors (Lipinski definition) is 1. The molecule has 1 heterocycles. The molecule has 0 spiro atoms. The molecule has 1 unspecified atom stereocenters. The number of imidazole rings is 1. The van der Waals surface area contributed by atoms with E-state index >= 15 is 0 Å². The third kappa shape index (κ3) is 1.94. The van der Waals surface area contributed by atoms with Gasteiger partial charge in [0.15, 0.2) is 0 Å². The summed E-state index contributed by atoms with van der Waals surface area (Å²) in [7, 11) is 0. The zero-order valence-electron chi connectivity index (χ0n) is 9.41. The van der Waals surface area contributed by atoms with E-state index in [0.29, 0.717) is 5.92 Å². The molecule has 0 saturated carbocycles. The van der Waals surface area contributed by atoms with Crippen molar-refractivity contribution in [3.8, 4) is 0 Å². The molecule has 0 bridgehead atoms. The summed E-state index contributed by atoms with van der Waals surface area (Å²) in [6.45, 7) is 6.45. The van der Waals surface area contributed by atoms with E-state index in [-0.39, 0.29) is 0 Å². The summed E-state index contributed by atoms with van der Waals surface area (Å²) in [6, 6.07) is 6.56. The molecule has 1 aromatic carbocycles. The fourth-order valence-corrected chi connectivity index (χ4v) is 1.89. The van der Waals surface area contributed by atoms with Crippen molar-refractivity contribution in [3.05, 3.63) is 53.1 Å². The van der Waals surface area contributed by atoms with Crippen LogP contribution in [0, 0.1) is 13.8 Å². The van der Waals surface area contributed by atoms with E-state index in [1.54, 1.807) is 6.20 Å². The summed E-state index contributed by atoms with van der Waals surface area (Å²) in [4.78, 5) is 7.48. The van der Waals surface area contributed by atoms with Crippen LogP contribution in [-0.2, 0) is 0 Å². The minimum atomic E-state index is 0.333. The third-order valence-electron chi connectivity index (χ3n) is 2.83. The lowest BCUT2D eigenvalue weighted by molar-refractivity contribution is 0.831. The molecule has 0 saturated heterocycles. The predicted octanol–water partition coefficient (Wildman–Crippen LogP) is 3.18. The van der Waals surface area contributed by atoms with Gasteiger partial charge >= 0.3 is 0 Å². The highest BCUT2D eigenvalue weighted by atomic mass is 14.9. The molecule has 78 valence electrons. The highest BCUT2D eigenvalue weighted by molar-refractivity contribution is 5.35. The second-order valence-electron chi connectivity index (χ2n) is 4.06. The van der Waals surface area contributed by atoms with E-state index in [4.69, 9.17) is 0 Å². The van der Waals surface area contributed by atoms with Gasteiger partial charge in [0.1, 0.15) is 5.82 Å². The van der Waals surface area contributed by atoms with Gasteiger partial charge in [0.05, 0.1) is 0 Å². The van der Waals surface area contributed by atoms with Crippen LogP contribution in [0.4, 0.5) is 0 Å². The van der Waals surface area contributed by atoms with Crippen LogP contribution >= 0.6 is 0 Å². The maximum atomic E-state index is 4.31. The molecule has 0 amide bonds. The molecule has 2 aromatic rings. The number of rotatable bonds is 2. The van der Waals surface area contributed by atoms with E-state index in [1.165, 1.54) is 16.7 Å². The van der Waals surface area contributed by atoms with Crippen molar-refractivity contribution in [3.63, 3.8) is 0 Å². The molecule has 0 aliphatic rings. The number of aryl methyl sites for hydroxylation is 2. The van der Waals surface area contributed by atoms with Crippen molar-refractivity contribution >= 4 is 0 Å². The van der Waals surface area contributed by atoms with Crippen LogP contribution in [0.2, 0.25) is 0 Å². The van der Waals surface area contributed by atoms with Crippen LogP contribution in [0.5, 0.6) is 0 Å². The zero-order chi connectivity index (χ0) is 10.8. The maximum absolute atomic E-state index is 4.31. The lowest BCUT2D eigenvalue weighted by Crippen LogP contribution is -2.01. The average molecular weight is 200 g/mol. The van der Waals surface area contributed by atoms with Gasteiger partial charge in [-0.2, -0.15) is 0 Å². The second kappa shape index (κ2) is 3.89. The van der Waals surface area contributed by atoms with Crippen molar-refractivity contribution in [2.24, 2.45) is 0 Å². The Balaban J connectivity index is 2.41. The number of nitrogens with zero attached hydrogens (tertiary/aromatic N) is 1. The number of aromatic amines is 1. The van der Waals surface area contributed by atoms with Crippen LogP contribution in [0.25, 0.3) is 0 Å². The van der Waals surface area contributed by atoms with Crippen molar-refractivity contribution in [1.29, 1.82) is 0 Å². The van der Waals surface area contributed by atoms with Gasteiger partial charge in [0.2, 0.25) is 0 Å². The van der Waals surface area contributed by atoms with Gasteiger partial charge in [-0.25, -0.2) is 4.98 Å². The third-order valence-corrected chi connectivity index (χ3v) is 2.83. The van der Waals surface area contributed by atoms with Crippen molar-refractivity contribution < 1.29 is 0 Å². The molecule has 0 fully saturated rings. The molecule has 15 heavy (non-hydrogen) atoms. The molecule has 0 radical (unpaired) electrons. The smallest absolute Gasteiger partial charge is 0.113 e. The fourth-order valence-electron chi connectivity index (χ4n) is 1.89. The summed E-state index contributed by atoms with van der Waals surface area (Å²) >= 11 is 0. The van der Waals surface area contributed by atoms with E-state index in [9.17, 15) is 0 Å². The van der Waals surface area contributed by atoms with E-state index in [2.05, 4.69) is 48.9 Å². The Bertz CT molecular complexity index is 444. The molecule has 2 rings (SSSR count). The first kappa shape index (κ1) is 9.97. The van der Waals surface area contributed by atoms with Crippen LogP contribution in [0.15, 0.2) is 30.6 Å². The molecular weight excluding hydrogens is 184 g/mol. The number of H-pyrrole nitrogens is 1. The summed E-state index contributed by atoms with van der Waals surface area (Å²) in [5.74, 6) is 1.36. The quantitative estimate of drug-likeness (QED) is 0.792. The maximum Gasteiger partial charge on any atom is 0.113 e. The average Bonchev–Trinajstić information content (AvgIpc) is 2.74. The zero-order valence-corrected chi connectivity index (χ0v) is 9.41. The molecule has 0 aliphatic carbocycles. The SMILES string of the molecule is Cc1ccc(C)c(C(C)c2ncc[nH]2)c1. The predicted molar refractivity (Wildman–Crippen MR) is 62.0 cm³/mol. The summed E-state index contributed by atoms with van der Waals surface area (Å²) in [5.41, 5.74) is 3.98. The van der Waals surface area contributed by atoms with Crippen molar-refractivity contribution in [2.45, 2.75) is 26.7 Å². The van der Waals surface area contributed by atoms with Crippen molar-refractivity contribution in [1.82, 2.24) is 9.97 Å². The Morgan fingerprint density at radius 2 is 2.07 bits per heavy atom. The highest BCUT2D eigenvalue weighted by Gasteiger charge is 2.12. The van der Waals surface area contributed by atoms with Gasteiger partial charge in [-0.05, 0) is 25.0 Å². The summed E-state index contributed by atoms with van der Waals surface area (Å²) < 4.78 is 0. The Kier molecular flexibility index (Phi) is 2.58.